The molecule has 0 amide bonds. The molecule has 0 N–H and O–H groups in total. The van der Waals surface area contributed by atoms with E-state index >= 15 is 0 Å². The highest BCUT2D eigenvalue weighted by atomic mass is 28.4. The predicted octanol–water partition coefficient (Wildman–Crippen LogP) is 1.37. The molecule has 0 radical (unpaired) electrons. The second kappa shape index (κ2) is 16.7. The van der Waals surface area contributed by atoms with E-state index in [1.165, 1.54) is 0 Å². The van der Waals surface area contributed by atoms with Crippen LogP contribution in [0.2, 0.25) is 12.1 Å². The van der Waals surface area contributed by atoms with Crippen LogP contribution in [0.4, 0.5) is 0 Å². The van der Waals surface area contributed by atoms with E-state index in [-0.39, 0.29) is 0 Å². The van der Waals surface area contributed by atoms with Gasteiger partial charge in [-0.15, -0.1) is 0 Å². The molecule has 11 heteroatoms. The highest BCUT2D eigenvalue weighted by molar-refractivity contribution is 6.60. The minimum absolute atomic E-state index is 0.333. The summed E-state index contributed by atoms with van der Waals surface area (Å²) >= 11 is 0. The Kier molecular flexibility index (Phi) is 15.6. The zero-order chi connectivity index (χ0) is 21.4. The van der Waals surface area contributed by atoms with E-state index in [1.54, 1.807) is 35.5 Å². The van der Waals surface area contributed by atoms with Crippen molar-refractivity contribution in [3.8, 4) is 0 Å². The van der Waals surface area contributed by atoms with Crippen molar-refractivity contribution in [2.45, 2.75) is 43.6 Å². The Bertz CT molecular complexity index is 368. The first-order valence-corrected chi connectivity index (χ1v) is 13.9. The molecule has 0 bridgehead atoms. The van der Waals surface area contributed by atoms with Crippen molar-refractivity contribution in [3.05, 3.63) is 0 Å². The maximum absolute atomic E-state index is 5.42. The summed E-state index contributed by atoms with van der Waals surface area (Å²) in [5.41, 5.74) is 0. The smallest absolute Gasteiger partial charge is 0.400 e. The molecule has 0 aromatic heterocycles. The van der Waals surface area contributed by atoms with Crippen LogP contribution in [-0.4, -0.2) is 105 Å². The average molecular weight is 457 g/mol. The van der Waals surface area contributed by atoms with Gasteiger partial charge in [-0.25, -0.2) is 0 Å². The van der Waals surface area contributed by atoms with Gasteiger partial charge in [0.2, 0.25) is 0 Å². The minimum Gasteiger partial charge on any atom is -0.400 e. The van der Waals surface area contributed by atoms with Crippen molar-refractivity contribution in [2.75, 3.05) is 75.2 Å². The Morgan fingerprint density at radius 2 is 1.24 bits per heavy atom. The summed E-state index contributed by atoms with van der Waals surface area (Å²) in [7, 11) is 4.59. The average Bonchev–Trinajstić information content (AvgIpc) is 3.67. The van der Waals surface area contributed by atoms with Gasteiger partial charge in [-0.1, -0.05) is 0 Å². The molecule has 9 nitrogen and oxygen atoms in total. The Morgan fingerprint density at radius 3 is 1.66 bits per heavy atom. The third kappa shape index (κ3) is 13.9. The first-order valence-electron chi connectivity index (χ1n) is 10.2. The van der Waals surface area contributed by atoms with Crippen LogP contribution in [0.3, 0.4) is 0 Å². The topological polar surface area (TPSA) is 89.7 Å². The molecule has 0 spiro atoms. The molecule has 2 aliphatic heterocycles. The molecule has 2 fully saturated rings. The van der Waals surface area contributed by atoms with E-state index in [2.05, 4.69) is 0 Å². The standard InChI is InChI=1S/C9H20O5Si.C9H20O4Si/c1-10-15(11-2,12-3)6-4-5-13-7-9-8-14-9;1-10-14(11-2)6-4-3-5-12-7-9-8-13-9/h9H,4-8H2,1-3H3;9,14H,3-8H2,1-2H3. The molecular weight excluding hydrogens is 416 g/mol. The van der Waals surface area contributed by atoms with Crippen LogP contribution in [-0.2, 0) is 41.1 Å². The molecule has 0 aromatic rings. The molecular formula is C18H40O9Si2. The molecule has 2 unspecified atom stereocenters. The number of epoxide rings is 2. The van der Waals surface area contributed by atoms with Crippen molar-refractivity contribution in [1.82, 2.24) is 0 Å². The van der Waals surface area contributed by atoms with E-state index in [9.17, 15) is 0 Å². The Hall–Kier alpha value is 0.0738. The number of ether oxygens (including phenoxy) is 4. The van der Waals surface area contributed by atoms with Crippen molar-refractivity contribution >= 4 is 18.1 Å². The van der Waals surface area contributed by atoms with Crippen LogP contribution in [0, 0.1) is 0 Å². The summed E-state index contributed by atoms with van der Waals surface area (Å²) < 4.78 is 47.2. The fraction of sp³-hybridized carbons (Fsp3) is 1.00. The van der Waals surface area contributed by atoms with Gasteiger partial charge in [0.05, 0.1) is 26.4 Å². The van der Waals surface area contributed by atoms with Crippen molar-refractivity contribution in [3.63, 3.8) is 0 Å². The molecule has 2 saturated heterocycles. The first-order chi connectivity index (χ1) is 14.1. The van der Waals surface area contributed by atoms with Gasteiger partial charge in [0, 0.05) is 54.8 Å². The van der Waals surface area contributed by atoms with E-state index in [1.807, 2.05) is 0 Å². The Morgan fingerprint density at radius 1 is 0.759 bits per heavy atom. The lowest BCUT2D eigenvalue weighted by molar-refractivity contribution is 0.100. The lowest BCUT2D eigenvalue weighted by Crippen LogP contribution is -2.42. The SMILES string of the molecule is CO[SiH](CCCCOCC1CO1)OC.CO[Si](CCCOCC1CO1)(OC)OC. The second-order valence-electron chi connectivity index (χ2n) is 6.86. The molecule has 2 aliphatic rings. The predicted molar refractivity (Wildman–Crippen MR) is 113 cm³/mol. The molecule has 2 atom stereocenters. The van der Waals surface area contributed by atoms with Crippen LogP contribution in [0.15, 0.2) is 0 Å². The number of hydrogen-bond donors (Lipinski definition) is 0. The maximum atomic E-state index is 5.42. The monoisotopic (exact) mass is 456 g/mol. The fourth-order valence-electron chi connectivity index (χ4n) is 2.55. The third-order valence-electron chi connectivity index (χ3n) is 4.62. The highest BCUT2D eigenvalue weighted by Gasteiger charge is 2.36. The molecule has 29 heavy (non-hydrogen) atoms. The number of hydrogen-bond acceptors (Lipinski definition) is 9. The van der Waals surface area contributed by atoms with Crippen LogP contribution < -0.4 is 0 Å². The molecule has 174 valence electrons. The van der Waals surface area contributed by atoms with Gasteiger partial charge >= 0.3 is 18.1 Å². The zero-order valence-electron chi connectivity index (χ0n) is 18.7. The van der Waals surface area contributed by atoms with Gasteiger partial charge in [-0.2, -0.15) is 0 Å². The van der Waals surface area contributed by atoms with Gasteiger partial charge in [0.15, 0.2) is 0 Å². The van der Waals surface area contributed by atoms with Gasteiger partial charge in [0.1, 0.15) is 12.2 Å². The molecule has 2 heterocycles. The van der Waals surface area contributed by atoms with Crippen LogP contribution in [0.1, 0.15) is 19.3 Å². The first kappa shape index (κ1) is 27.1. The van der Waals surface area contributed by atoms with E-state index < -0.39 is 18.1 Å². The van der Waals surface area contributed by atoms with Crippen LogP contribution >= 0.6 is 0 Å². The third-order valence-corrected chi connectivity index (χ3v) is 9.38. The van der Waals surface area contributed by atoms with Gasteiger partial charge < -0.3 is 41.1 Å². The summed E-state index contributed by atoms with van der Waals surface area (Å²) in [6.45, 7) is 4.70. The van der Waals surface area contributed by atoms with E-state index in [0.717, 1.165) is 57.8 Å². The van der Waals surface area contributed by atoms with Gasteiger partial charge in [-0.3, -0.25) is 0 Å². The highest BCUT2D eigenvalue weighted by Crippen LogP contribution is 2.15. The fourth-order valence-corrected chi connectivity index (χ4v) is 5.53. The Labute approximate surface area is 178 Å². The molecule has 0 saturated carbocycles. The van der Waals surface area contributed by atoms with Gasteiger partial charge in [-0.05, 0) is 25.3 Å². The largest absolute Gasteiger partial charge is 0.500 e. The number of rotatable bonds is 18. The second-order valence-corrected chi connectivity index (χ2v) is 12.3. The molecule has 2 rings (SSSR count). The minimum atomic E-state index is -2.39. The summed E-state index contributed by atoms with van der Waals surface area (Å²) in [6.07, 6.45) is 3.82. The maximum Gasteiger partial charge on any atom is 0.500 e. The summed E-state index contributed by atoms with van der Waals surface area (Å²) in [4.78, 5) is 0. The quantitative estimate of drug-likeness (QED) is 0.172. The van der Waals surface area contributed by atoms with Gasteiger partial charge in [0.25, 0.3) is 0 Å². The van der Waals surface area contributed by atoms with Crippen LogP contribution in [0.25, 0.3) is 0 Å². The van der Waals surface area contributed by atoms with E-state index in [4.69, 9.17) is 41.1 Å². The van der Waals surface area contributed by atoms with Crippen molar-refractivity contribution in [1.29, 1.82) is 0 Å². The van der Waals surface area contributed by atoms with Crippen LogP contribution in [0.5, 0.6) is 0 Å². The lowest BCUT2D eigenvalue weighted by Gasteiger charge is -2.24. The van der Waals surface area contributed by atoms with E-state index in [0.29, 0.717) is 25.4 Å². The summed E-state index contributed by atoms with van der Waals surface area (Å²) in [5, 5.41) is 0. The Balaban J connectivity index is 0.000000291. The number of unbranched alkanes of at least 4 members (excludes halogenated alkanes) is 1. The summed E-state index contributed by atoms with van der Waals surface area (Å²) in [6, 6.07) is 1.85. The molecule has 0 aliphatic carbocycles. The van der Waals surface area contributed by atoms with Crippen molar-refractivity contribution in [2.24, 2.45) is 0 Å². The lowest BCUT2D eigenvalue weighted by atomic mass is 10.3. The van der Waals surface area contributed by atoms with Crippen molar-refractivity contribution < 1.29 is 41.1 Å². The molecule has 0 aromatic carbocycles. The zero-order valence-corrected chi connectivity index (χ0v) is 20.8. The summed E-state index contributed by atoms with van der Waals surface area (Å²) in [5.74, 6) is 0. The normalized spacial score (nSPS) is 20.5.